The molecule has 2 aliphatic rings. The first kappa shape index (κ1) is 29.4. The molecule has 0 spiro atoms. The van der Waals surface area contributed by atoms with Gasteiger partial charge in [-0.15, -0.1) is 0 Å². The fourth-order valence-corrected chi connectivity index (χ4v) is 5.30. The molecule has 2 aliphatic heterocycles. The number of fused-ring (bicyclic) bond motifs is 1. The normalized spacial score (nSPS) is 19.9. The molecule has 2 heterocycles. The van der Waals surface area contributed by atoms with Crippen molar-refractivity contribution in [2.45, 2.75) is 44.9 Å². The van der Waals surface area contributed by atoms with Crippen LogP contribution in [0.4, 0.5) is 0 Å². The van der Waals surface area contributed by atoms with Gasteiger partial charge in [0.25, 0.3) is 0 Å². The second kappa shape index (κ2) is 15.3. The van der Waals surface area contributed by atoms with Gasteiger partial charge in [-0.25, -0.2) is 4.79 Å². The molecule has 1 amide bonds. The van der Waals surface area contributed by atoms with E-state index in [9.17, 15) is 19.8 Å². The van der Waals surface area contributed by atoms with Crippen molar-refractivity contribution in [1.82, 2.24) is 4.90 Å². The molecule has 212 valence electrons. The van der Waals surface area contributed by atoms with Crippen LogP contribution in [0.1, 0.15) is 53.6 Å². The molecule has 1 saturated heterocycles. The Balaban J connectivity index is 1.34. The first-order valence-corrected chi connectivity index (χ1v) is 14.4. The van der Waals surface area contributed by atoms with Crippen LogP contribution in [0.5, 0.6) is 11.5 Å². The Morgan fingerprint density at radius 2 is 1.80 bits per heavy atom. The number of carbonyl (C=O) groups is 2. The van der Waals surface area contributed by atoms with E-state index in [0.717, 1.165) is 63.5 Å². The van der Waals surface area contributed by atoms with Crippen molar-refractivity contribution in [1.29, 1.82) is 0 Å². The van der Waals surface area contributed by atoms with Crippen LogP contribution < -0.4 is 0 Å². The highest BCUT2D eigenvalue weighted by atomic mass is 32.2. The monoisotopic (exact) mass is 564 g/mol. The van der Waals surface area contributed by atoms with Crippen LogP contribution in [0, 0.1) is 5.92 Å². The molecule has 0 bridgehead atoms. The van der Waals surface area contributed by atoms with E-state index in [1.165, 1.54) is 11.6 Å². The highest BCUT2D eigenvalue weighted by molar-refractivity contribution is 7.93. The molecule has 0 radical (unpaired) electrons. The van der Waals surface area contributed by atoms with Crippen LogP contribution in [0.15, 0.2) is 71.2 Å². The van der Waals surface area contributed by atoms with Gasteiger partial charge in [-0.05, 0) is 67.7 Å². The molecule has 2 N–H and O–H groups in total. The van der Waals surface area contributed by atoms with E-state index in [1.807, 2.05) is 35.3 Å². The molecule has 0 unspecified atom stereocenters. The first-order chi connectivity index (χ1) is 19.5. The quantitative estimate of drug-likeness (QED) is 0.155. The van der Waals surface area contributed by atoms with Crippen molar-refractivity contribution < 1.29 is 28.7 Å². The van der Waals surface area contributed by atoms with Crippen LogP contribution in [0.2, 0.25) is 0 Å². The summed E-state index contributed by atoms with van der Waals surface area (Å²) in [5.41, 5.74) is 2.27. The zero-order valence-electron chi connectivity index (χ0n) is 22.5. The molecule has 2 aromatic rings. The molecule has 0 aliphatic carbocycles. The lowest BCUT2D eigenvalue weighted by Crippen LogP contribution is -2.40. The number of hydrogen-bond acceptors (Lipinski definition) is 8. The molecule has 4 rings (SSSR count). The topological polar surface area (TPSA) is 109 Å². The smallest absolute Gasteiger partial charge is 0.342 e. The van der Waals surface area contributed by atoms with Gasteiger partial charge in [0.05, 0.1) is 12.3 Å². The summed E-state index contributed by atoms with van der Waals surface area (Å²) in [5, 5.41) is 20.4. The largest absolute Gasteiger partial charge is 0.508 e. The summed E-state index contributed by atoms with van der Waals surface area (Å²) in [6.07, 6.45) is 13.1. The van der Waals surface area contributed by atoms with Gasteiger partial charge in [-0.3, -0.25) is 8.98 Å². The van der Waals surface area contributed by atoms with Crippen molar-refractivity contribution in [3.8, 4) is 11.5 Å². The zero-order chi connectivity index (χ0) is 28.2. The molecular formula is C31H36N2O6S. The van der Waals surface area contributed by atoms with E-state index in [1.54, 1.807) is 0 Å². The Kier molecular flexibility index (Phi) is 11.2. The lowest BCUT2D eigenvalue weighted by atomic mass is 9.90. The molecule has 40 heavy (non-hydrogen) atoms. The second-order valence-corrected chi connectivity index (χ2v) is 10.6. The van der Waals surface area contributed by atoms with Gasteiger partial charge in [0.1, 0.15) is 35.9 Å². The summed E-state index contributed by atoms with van der Waals surface area (Å²) in [4.78, 5) is 27.3. The minimum absolute atomic E-state index is 0.00305. The molecule has 8 nitrogen and oxygen atoms in total. The number of aromatic hydroxyl groups is 2. The number of phenolic OH excluding ortho intramolecular Hbond substituents is 2. The predicted octanol–water partition coefficient (Wildman–Crippen LogP) is 5.60. The molecule has 0 atom stereocenters. The van der Waals surface area contributed by atoms with Crippen molar-refractivity contribution in [3.05, 3.63) is 83.5 Å². The van der Waals surface area contributed by atoms with Gasteiger partial charge in [-0.1, -0.05) is 48.6 Å². The number of piperidine rings is 1. The second-order valence-electron chi connectivity index (χ2n) is 9.98. The van der Waals surface area contributed by atoms with Gasteiger partial charge < -0.3 is 19.8 Å². The number of hydrogen-bond donors (Lipinski definition) is 2. The highest BCUT2D eigenvalue weighted by Gasteiger charge is 2.23. The SMILES string of the molecule is O=C1OCC/C=C/CC/C=C/C(=N\SOCC(=O)N2CCC(Cc3ccccc3)CC2)Cc2cc(O)cc(O)c21. The van der Waals surface area contributed by atoms with E-state index in [-0.39, 0.29) is 42.6 Å². The summed E-state index contributed by atoms with van der Waals surface area (Å²) >= 11 is 0.817. The van der Waals surface area contributed by atoms with Crippen molar-refractivity contribution in [2.24, 2.45) is 10.3 Å². The standard InChI is InChI=1S/C31H36N2O6S/c34-27-20-25-19-26(12-8-3-1-2-4-9-17-38-31(37)30(25)28(35)21-27)32-40-39-22-29(36)33-15-13-24(14-16-33)18-23-10-6-5-7-11-23/h2,4-8,10-12,20-21,24,34-35H,1,3,9,13-19,22H2/b4-2+,12-8+,32-26+. The van der Waals surface area contributed by atoms with Crippen LogP contribution in [-0.4, -0.2) is 59.0 Å². The fourth-order valence-electron chi connectivity index (χ4n) is 4.88. The van der Waals surface area contributed by atoms with Crippen LogP contribution in [0.3, 0.4) is 0 Å². The number of phenols is 2. The average Bonchev–Trinajstić information content (AvgIpc) is 2.94. The van der Waals surface area contributed by atoms with Gasteiger partial charge >= 0.3 is 5.97 Å². The summed E-state index contributed by atoms with van der Waals surface area (Å²) in [6.45, 7) is 1.53. The maximum absolute atomic E-state index is 12.7. The van der Waals surface area contributed by atoms with E-state index in [4.69, 9.17) is 8.92 Å². The van der Waals surface area contributed by atoms with E-state index < -0.39 is 5.97 Å². The maximum Gasteiger partial charge on any atom is 0.342 e. The third-order valence-electron chi connectivity index (χ3n) is 6.98. The van der Waals surface area contributed by atoms with Crippen LogP contribution >= 0.6 is 12.2 Å². The number of ether oxygens (including phenoxy) is 1. The van der Waals surface area contributed by atoms with Crippen molar-refractivity contribution in [3.63, 3.8) is 0 Å². The molecular weight excluding hydrogens is 528 g/mol. The van der Waals surface area contributed by atoms with Crippen LogP contribution in [-0.2, 0) is 26.6 Å². The molecule has 2 aromatic carbocycles. The molecule has 0 aromatic heterocycles. The zero-order valence-corrected chi connectivity index (χ0v) is 23.4. The summed E-state index contributed by atoms with van der Waals surface area (Å²) in [5.74, 6) is -0.679. The predicted molar refractivity (Wildman–Crippen MR) is 156 cm³/mol. The Morgan fingerprint density at radius 3 is 2.60 bits per heavy atom. The number of esters is 1. The minimum atomic E-state index is -0.664. The fraction of sp³-hybridized carbons (Fsp3) is 0.387. The van der Waals surface area contributed by atoms with Crippen LogP contribution in [0.25, 0.3) is 0 Å². The van der Waals surface area contributed by atoms with Gasteiger partial charge in [0.2, 0.25) is 5.91 Å². The highest BCUT2D eigenvalue weighted by Crippen LogP contribution is 2.29. The van der Waals surface area contributed by atoms with E-state index in [0.29, 0.717) is 23.6 Å². The van der Waals surface area contributed by atoms with E-state index in [2.05, 4.69) is 28.7 Å². The number of rotatable bonds is 6. The minimum Gasteiger partial charge on any atom is -0.508 e. The summed E-state index contributed by atoms with van der Waals surface area (Å²) in [7, 11) is 0. The molecule has 0 saturated carbocycles. The number of carbonyl (C=O) groups excluding carboxylic acids is 2. The summed E-state index contributed by atoms with van der Waals surface area (Å²) < 4.78 is 15.3. The lowest BCUT2D eigenvalue weighted by molar-refractivity contribution is -0.134. The third kappa shape index (κ3) is 8.99. The first-order valence-electron chi connectivity index (χ1n) is 13.7. The summed E-state index contributed by atoms with van der Waals surface area (Å²) in [6, 6.07) is 13.0. The van der Waals surface area contributed by atoms with Gasteiger partial charge in [0, 0.05) is 25.6 Å². The lowest BCUT2D eigenvalue weighted by Gasteiger charge is -2.32. The molecule has 9 heteroatoms. The number of cyclic esters (lactones) is 1. The number of benzene rings is 2. The van der Waals surface area contributed by atoms with Gasteiger partial charge in [-0.2, -0.15) is 4.40 Å². The Morgan fingerprint density at radius 1 is 1.05 bits per heavy atom. The Bertz CT molecular complexity index is 1240. The number of amides is 1. The number of nitrogens with zero attached hydrogens (tertiary/aromatic N) is 2. The maximum atomic E-state index is 12.7. The Labute approximate surface area is 239 Å². The Hall–Kier alpha value is -3.56. The molecule has 1 fully saturated rings. The number of allylic oxidation sites excluding steroid dienone is 3. The van der Waals surface area contributed by atoms with Crippen molar-refractivity contribution >= 4 is 29.8 Å². The van der Waals surface area contributed by atoms with E-state index >= 15 is 0 Å². The van der Waals surface area contributed by atoms with Gasteiger partial charge in [0.15, 0.2) is 0 Å². The third-order valence-corrected chi connectivity index (χ3v) is 7.51. The van der Waals surface area contributed by atoms with Crippen molar-refractivity contribution in [2.75, 3.05) is 26.3 Å². The number of likely N-dealkylation sites (tertiary alicyclic amines) is 1. The average molecular weight is 565 g/mol.